The fourth-order valence-corrected chi connectivity index (χ4v) is 3.54. The van der Waals surface area contributed by atoms with Gasteiger partial charge < -0.3 is 20.1 Å². The SMILES string of the molecule is COc1ccc(OC)c(Nc2cc(C(=O)NCCc3ccccc3)c3ccccc3n2)c1. The Balaban J connectivity index is 1.61. The number of carbonyl (C=O) groups excluding carboxylic acids is 1. The highest BCUT2D eigenvalue weighted by Crippen LogP contribution is 2.32. The van der Waals surface area contributed by atoms with Crippen LogP contribution in [0.15, 0.2) is 78.9 Å². The van der Waals surface area contributed by atoms with E-state index < -0.39 is 0 Å². The van der Waals surface area contributed by atoms with Crippen molar-refractivity contribution in [3.8, 4) is 11.5 Å². The number of carbonyl (C=O) groups is 1. The number of rotatable bonds is 8. The number of ether oxygens (including phenoxy) is 2. The maximum absolute atomic E-state index is 13.1. The number of nitrogens with one attached hydrogen (secondary N) is 2. The summed E-state index contributed by atoms with van der Waals surface area (Å²) < 4.78 is 10.8. The van der Waals surface area contributed by atoms with Crippen LogP contribution in [0.4, 0.5) is 11.5 Å². The standard InChI is InChI=1S/C26H25N3O3/c1-31-19-12-13-24(32-2)23(16-19)29-25-17-21(20-10-6-7-11-22(20)28-25)26(30)27-15-14-18-8-4-3-5-9-18/h3-13,16-17H,14-15H2,1-2H3,(H,27,30)(H,28,29). The molecule has 0 spiro atoms. The maximum atomic E-state index is 13.1. The van der Waals surface area contributed by atoms with E-state index in [9.17, 15) is 4.79 Å². The topological polar surface area (TPSA) is 72.5 Å². The zero-order valence-corrected chi connectivity index (χ0v) is 18.1. The Morgan fingerprint density at radius 3 is 2.47 bits per heavy atom. The molecule has 6 heteroatoms. The molecule has 2 N–H and O–H groups in total. The van der Waals surface area contributed by atoms with E-state index in [2.05, 4.69) is 27.8 Å². The Morgan fingerprint density at radius 2 is 1.69 bits per heavy atom. The van der Waals surface area contributed by atoms with Crippen LogP contribution < -0.4 is 20.1 Å². The highest BCUT2D eigenvalue weighted by Gasteiger charge is 2.14. The number of methoxy groups -OCH3 is 2. The van der Waals surface area contributed by atoms with Crippen molar-refractivity contribution in [1.82, 2.24) is 10.3 Å². The van der Waals surface area contributed by atoms with Crippen LogP contribution in [0, 0.1) is 0 Å². The van der Waals surface area contributed by atoms with Crippen molar-refractivity contribution in [2.45, 2.75) is 6.42 Å². The summed E-state index contributed by atoms with van der Waals surface area (Å²) in [5, 5.41) is 7.10. The largest absolute Gasteiger partial charge is 0.497 e. The second kappa shape index (κ2) is 9.83. The van der Waals surface area contributed by atoms with Crippen LogP contribution in [0.1, 0.15) is 15.9 Å². The first-order valence-electron chi connectivity index (χ1n) is 10.4. The van der Waals surface area contributed by atoms with Crippen LogP contribution in [-0.2, 0) is 6.42 Å². The average molecular weight is 428 g/mol. The third-order valence-corrected chi connectivity index (χ3v) is 5.17. The quantitative estimate of drug-likeness (QED) is 0.415. The second-order valence-electron chi connectivity index (χ2n) is 7.25. The lowest BCUT2D eigenvalue weighted by Gasteiger charge is -2.14. The molecule has 0 bridgehead atoms. The van der Waals surface area contributed by atoms with Gasteiger partial charge in [-0.15, -0.1) is 0 Å². The van der Waals surface area contributed by atoms with Gasteiger partial charge in [0.2, 0.25) is 0 Å². The van der Waals surface area contributed by atoms with E-state index in [4.69, 9.17) is 9.47 Å². The van der Waals surface area contributed by atoms with Crippen LogP contribution in [0.3, 0.4) is 0 Å². The van der Waals surface area contributed by atoms with Gasteiger partial charge >= 0.3 is 0 Å². The Morgan fingerprint density at radius 1 is 0.906 bits per heavy atom. The minimum atomic E-state index is -0.139. The van der Waals surface area contributed by atoms with Crippen molar-refractivity contribution in [1.29, 1.82) is 0 Å². The molecule has 0 aliphatic rings. The first-order chi connectivity index (χ1) is 15.7. The molecule has 0 aliphatic carbocycles. The predicted octanol–water partition coefficient (Wildman–Crippen LogP) is 4.97. The molecule has 4 rings (SSSR count). The molecule has 1 heterocycles. The molecule has 0 unspecified atom stereocenters. The predicted molar refractivity (Wildman–Crippen MR) is 127 cm³/mol. The molecule has 162 valence electrons. The third-order valence-electron chi connectivity index (χ3n) is 5.17. The number of pyridine rings is 1. The second-order valence-corrected chi connectivity index (χ2v) is 7.25. The van der Waals surface area contributed by atoms with E-state index >= 15 is 0 Å². The van der Waals surface area contributed by atoms with Crippen molar-refractivity contribution >= 4 is 28.3 Å². The molecule has 0 aliphatic heterocycles. The van der Waals surface area contributed by atoms with E-state index in [1.165, 1.54) is 5.56 Å². The summed E-state index contributed by atoms with van der Waals surface area (Å²) in [6.45, 7) is 0.548. The summed E-state index contributed by atoms with van der Waals surface area (Å²) in [7, 11) is 3.21. The molecule has 0 radical (unpaired) electrons. The van der Waals surface area contributed by atoms with Crippen molar-refractivity contribution in [3.63, 3.8) is 0 Å². The summed E-state index contributed by atoms with van der Waals surface area (Å²) in [4.78, 5) is 17.8. The van der Waals surface area contributed by atoms with Gasteiger partial charge in [-0.05, 0) is 36.2 Å². The molecule has 32 heavy (non-hydrogen) atoms. The van der Waals surface area contributed by atoms with Crippen molar-refractivity contribution in [2.24, 2.45) is 0 Å². The van der Waals surface area contributed by atoms with Gasteiger partial charge in [0.05, 0.1) is 31.0 Å². The van der Waals surface area contributed by atoms with Crippen molar-refractivity contribution in [3.05, 3.63) is 90.0 Å². The molecule has 0 atom stereocenters. The van der Waals surface area contributed by atoms with Crippen molar-refractivity contribution < 1.29 is 14.3 Å². The zero-order chi connectivity index (χ0) is 22.3. The third kappa shape index (κ3) is 4.81. The van der Waals surface area contributed by atoms with E-state index in [1.54, 1.807) is 20.3 Å². The summed E-state index contributed by atoms with van der Waals surface area (Å²) in [5.41, 5.74) is 3.17. The monoisotopic (exact) mass is 427 g/mol. The van der Waals surface area contributed by atoms with Gasteiger partial charge in [0, 0.05) is 18.0 Å². The first-order valence-corrected chi connectivity index (χ1v) is 10.4. The van der Waals surface area contributed by atoms with E-state index in [0.717, 1.165) is 17.3 Å². The summed E-state index contributed by atoms with van der Waals surface area (Å²) >= 11 is 0. The van der Waals surface area contributed by atoms with E-state index in [0.29, 0.717) is 35.1 Å². The number of nitrogens with zero attached hydrogens (tertiary/aromatic N) is 1. The molecule has 0 saturated heterocycles. The molecular weight excluding hydrogens is 402 g/mol. The number of anilines is 2. The van der Waals surface area contributed by atoms with Gasteiger partial charge in [0.1, 0.15) is 17.3 Å². The van der Waals surface area contributed by atoms with Crippen LogP contribution >= 0.6 is 0 Å². The molecule has 0 fully saturated rings. The van der Waals surface area contributed by atoms with Crippen LogP contribution in [-0.4, -0.2) is 31.7 Å². The van der Waals surface area contributed by atoms with Gasteiger partial charge in [-0.25, -0.2) is 4.98 Å². The Hall–Kier alpha value is -4.06. The highest BCUT2D eigenvalue weighted by molar-refractivity contribution is 6.07. The molecular formula is C26H25N3O3. The van der Waals surface area contributed by atoms with E-state index in [-0.39, 0.29) is 5.91 Å². The van der Waals surface area contributed by atoms with Gasteiger partial charge in [-0.2, -0.15) is 0 Å². The summed E-state index contributed by atoms with van der Waals surface area (Å²) in [6.07, 6.45) is 0.766. The van der Waals surface area contributed by atoms with E-state index in [1.807, 2.05) is 60.7 Å². The number of hydrogen-bond donors (Lipinski definition) is 2. The number of benzene rings is 3. The average Bonchev–Trinajstić information content (AvgIpc) is 2.84. The highest BCUT2D eigenvalue weighted by atomic mass is 16.5. The first kappa shape index (κ1) is 21.2. The van der Waals surface area contributed by atoms with Crippen LogP contribution in [0.2, 0.25) is 0 Å². The van der Waals surface area contributed by atoms with Crippen LogP contribution in [0.5, 0.6) is 11.5 Å². The lowest BCUT2D eigenvalue weighted by atomic mass is 10.1. The molecule has 1 amide bonds. The lowest BCUT2D eigenvalue weighted by Crippen LogP contribution is -2.26. The number of aromatic nitrogens is 1. The molecule has 6 nitrogen and oxygen atoms in total. The van der Waals surface area contributed by atoms with Crippen molar-refractivity contribution in [2.75, 3.05) is 26.1 Å². The number of amides is 1. The van der Waals surface area contributed by atoms with Gasteiger partial charge in [0.25, 0.3) is 5.91 Å². The van der Waals surface area contributed by atoms with Gasteiger partial charge in [-0.1, -0.05) is 48.5 Å². The molecule has 3 aromatic carbocycles. The molecule has 4 aromatic rings. The van der Waals surface area contributed by atoms with Gasteiger partial charge in [-0.3, -0.25) is 4.79 Å². The minimum absolute atomic E-state index is 0.139. The number of fused-ring (bicyclic) bond motifs is 1. The Bertz CT molecular complexity index is 1230. The lowest BCUT2D eigenvalue weighted by molar-refractivity contribution is 0.0955. The fourth-order valence-electron chi connectivity index (χ4n) is 3.54. The number of para-hydroxylation sites is 1. The summed E-state index contributed by atoms with van der Waals surface area (Å²) in [6, 6.07) is 24.9. The minimum Gasteiger partial charge on any atom is -0.497 e. The van der Waals surface area contributed by atoms with Crippen LogP contribution in [0.25, 0.3) is 10.9 Å². The Labute approximate surface area is 187 Å². The van der Waals surface area contributed by atoms with Gasteiger partial charge in [0.15, 0.2) is 0 Å². The maximum Gasteiger partial charge on any atom is 0.252 e. The fraction of sp³-hybridized carbons (Fsp3) is 0.154. The molecule has 0 saturated carbocycles. The zero-order valence-electron chi connectivity index (χ0n) is 18.1. The Kier molecular flexibility index (Phi) is 6.51. The normalized spacial score (nSPS) is 10.6. The smallest absolute Gasteiger partial charge is 0.252 e. The molecule has 1 aromatic heterocycles. The number of hydrogen-bond acceptors (Lipinski definition) is 5. The summed E-state index contributed by atoms with van der Waals surface area (Å²) in [5.74, 6) is 1.74.